The van der Waals surface area contributed by atoms with Gasteiger partial charge in [0, 0.05) is 11.4 Å². The van der Waals surface area contributed by atoms with Crippen LogP contribution in [0.25, 0.3) is 11.0 Å². The highest BCUT2D eigenvalue weighted by molar-refractivity contribution is 5.96. The van der Waals surface area contributed by atoms with E-state index in [9.17, 15) is 4.79 Å². The first-order valence-corrected chi connectivity index (χ1v) is 7.02. The lowest BCUT2D eigenvalue weighted by Gasteiger charge is -2.11. The number of hydrogen-bond donors (Lipinski definition) is 2. The summed E-state index contributed by atoms with van der Waals surface area (Å²) < 4.78 is 1.87. The first kappa shape index (κ1) is 13.1. The molecule has 1 aliphatic heterocycles. The van der Waals surface area contributed by atoms with Gasteiger partial charge in [-0.1, -0.05) is 0 Å². The predicted octanol–water partition coefficient (Wildman–Crippen LogP) is 1.70. The fourth-order valence-corrected chi connectivity index (χ4v) is 2.52. The molecule has 3 rings (SSSR count). The number of carbonyl (C=O) groups excluding carboxylic acids is 1. The Hall–Kier alpha value is -1.95. The van der Waals surface area contributed by atoms with Crippen molar-refractivity contribution in [2.75, 3.05) is 11.9 Å². The van der Waals surface area contributed by atoms with Gasteiger partial charge in [-0.25, -0.2) is 9.67 Å². The number of anilines is 1. The van der Waals surface area contributed by atoms with Crippen LogP contribution in [0.1, 0.15) is 32.7 Å². The summed E-state index contributed by atoms with van der Waals surface area (Å²) in [5.41, 5.74) is 1.57. The molecule has 3 heterocycles. The van der Waals surface area contributed by atoms with Gasteiger partial charge in [-0.3, -0.25) is 4.79 Å². The van der Waals surface area contributed by atoms with Gasteiger partial charge in [0.05, 0.1) is 24.1 Å². The van der Waals surface area contributed by atoms with Crippen LogP contribution < -0.4 is 10.6 Å². The quantitative estimate of drug-likeness (QED) is 0.893. The Bertz CT molecular complexity index is 628. The van der Waals surface area contributed by atoms with Gasteiger partial charge in [0.2, 0.25) is 5.91 Å². The van der Waals surface area contributed by atoms with Crippen LogP contribution in [0.15, 0.2) is 18.5 Å². The highest BCUT2D eigenvalue weighted by atomic mass is 16.2. The minimum Gasteiger partial charge on any atom is -0.323 e. The standard InChI is InChI=1S/C14H19N5O/c1-9(2)19-13-10(7-17-19)6-11(8-16-13)18-14(20)12-4-3-5-15-12/h6-9,12,15H,3-5H2,1-2H3,(H,18,20)/t12-/m1/s1. The third-order valence-electron chi connectivity index (χ3n) is 3.57. The predicted molar refractivity (Wildman–Crippen MR) is 77.6 cm³/mol. The van der Waals surface area contributed by atoms with E-state index in [1.807, 2.05) is 10.7 Å². The van der Waals surface area contributed by atoms with E-state index in [4.69, 9.17) is 0 Å². The van der Waals surface area contributed by atoms with Gasteiger partial charge < -0.3 is 10.6 Å². The van der Waals surface area contributed by atoms with Crippen molar-refractivity contribution in [1.82, 2.24) is 20.1 Å². The number of pyridine rings is 1. The zero-order valence-corrected chi connectivity index (χ0v) is 11.8. The van der Waals surface area contributed by atoms with Crippen molar-refractivity contribution in [3.63, 3.8) is 0 Å². The number of amides is 1. The molecule has 106 valence electrons. The topological polar surface area (TPSA) is 71.8 Å². The fourth-order valence-electron chi connectivity index (χ4n) is 2.52. The van der Waals surface area contributed by atoms with Gasteiger partial charge in [0.15, 0.2) is 5.65 Å². The SMILES string of the molecule is CC(C)n1ncc2cc(NC(=O)[C@H]3CCCN3)cnc21. The zero-order chi connectivity index (χ0) is 14.1. The van der Waals surface area contributed by atoms with Crippen LogP contribution in [0, 0.1) is 0 Å². The molecular formula is C14H19N5O. The molecule has 1 atom stereocenters. The van der Waals surface area contributed by atoms with Gasteiger partial charge in [0.25, 0.3) is 0 Å². The molecule has 2 aromatic rings. The minimum atomic E-state index is -0.0796. The Morgan fingerprint density at radius 3 is 3.05 bits per heavy atom. The number of nitrogens with one attached hydrogen (secondary N) is 2. The molecule has 0 saturated carbocycles. The number of fused-ring (bicyclic) bond motifs is 1. The van der Waals surface area contributed by atoms with Crippen molar-refractivity contribution < 1.29 is 4.79 Å². The summed E-state index contributed by atoms with van der Waals surface area (Å²) in [6, 6.07) is 2.10. The number of aromatic nitrogens is 3. The molecule has 2 aromatic heterocycles. The summed E-state index contributed by atoms with van der Waals surface area (Å²) in [6.45, 7) is 5.04. The van der Waals surface area contributed by atoms with E-state index in [0.717, 1.165) is 36.1 Å². The lowest BCUT2D eigenvalue weighted by atomic mass is 10.2. The van der Waals surface area contributed by atoms with Crippen molar-refractivity contribution in [3.05, 3.63) is 18.5 Å². The lowest BCUT2D eigenvalue weighted by molar-refractivity contribution is -0.117. The van der Waals surface area contributed by atoms with Gasteiger partial charge in [0.1, 0.15) is 0 Å². The fraction of sp³-hybridized carbons (Fsp3) is 0.500. The number of hydrogen-bond acceptors (Lipinski definition) is 4. The van der Waals surface area contributed by atoms with E-state index in [2.05, 4.69) is 34.6 Å². The van der Waals surface area contributed by atoms with Gasteiger partial charge in [-0.15, -0.1) is 0 Å². The normalized spacial score (nSPS) is 18.9. The molecule has 20 heavy (non-hydrogen) atoms. The molecule has 6 heteroatoms. The van der Waals surface area contributed by atoms with E-state index in [1.165, 1.54) is 0 Å². The summed E-state index contributed by atoms with van der Waals surface area (Å²) in [5, 5.41) is 11.4. The Morgan fingerprint density at radius 1 is 1.50 bits per heavy atom. The van der Waals surface area contributed by atoms with E-state index in [-0.39, 0.29) is 18.0 Å². The molecule has 1 aliphatic rings. The average molecular weight is 273 g/mol. The molecule has 2 N–H and O–H groups in total. The van der Waals surface area contributed by atoms with E-state index in [0.29, 0.717) is 0 Å². The maximum atomic E-state index is 12.0. The summed E-state index contributed by atoms with van der Waals surface area (Å²) in [5.74, 6) is 0.0138. The smallest absolute Gasteiger partial charge is 0.241 e. The largest absolute Gasteiger partial charge is 0.323 e. The van der Waals surface area contributed by atoms with Crippen LogP contribution in [-0.4, -0.2) is 33.3 Å². The van der Waals surface area contributed by atoms with Crippen LogP contribution in [-0.2, 0) is 4.79 Å². The molecule has 0 spiro atoms. The monoisotopic (exact) mass is 273 g/mol. The molecule has 0 bridgehead atoms. The van der Waals surface area contributed by atoms with Crippen LogP contribution in [0.4, 0.5) is 5.69 Å². The highest BCUT2D eigenvalue weighted by Crippen LogP contribution is 2.19. The molecule has 0 radical (unpaired) electrons. The molecule has 6 nitrogen and oxygen atoms in total. The summed E-state index contributed by atoms with van der Waals surface area (Å²) in [7, 11) is 0. The molecule has 1 saturated heterocycles. The number of nitrogens with zero attached hydrogens (tertiary/aromatic N) is 3. The third-order valence-corrected chi connectivity index (χ3v) is 3.57. The minimum absolute atomic E-state index is 0.0138. The molecule has 1 amide bonds. The Kier molecular flexibility index (Phi) is 3.40. The zero-order valence-electron chi connectivity index (χ0n) is 11.8. The number of rotatable bonds is 3. The summed E-state index contributed by atoms with van der Waals surface area (Å²) in [4.78, 5) is 16.4. The van der Waals surface area contributed by atoms with E-state index >= 15 is 0 Å². The van der Waals surface area contributed by atoms with Crippen molar-refractivity contribution >= 4 is 22.6 Å². The molecular weight excluding hydrogens is 254 g/mol. The van der Waals surface area contributed by atoms with Crippen LogP contribution in [0.3, 0.4) is 0 Å². The van der Waals surface area contributed by atoms with Crippen LogP contribution in [0.2, 0.25) is 0 Å². The average Bonchev–Trinajstić information content (AvgIpc) is 3.07. The molecule has 1 fully saturated rings. The van der Waals surface area contributed by atoms with Crippen molar-refractivity contribution in [2.45, 2.75) is 38.8 Å². The summed E-state index contributed by atoms with van der Waals surface area (Å²) in [6.07, 6.45) is 5.42. The second kappa shape index (κ2) is 5.20. The second-order valence-electron chi connectivity index (χ2n) is 5.46. The first-order valence-electron chi connectivity index (χ1n) is 7.02. The molecule has 0 aliphatic carbocycles. The first-order chi connectivity index (χ1) is 9.65. The third kappa shape index (κ3) is 2.38. The molecule has 0 unspecified atom stereocenters. The van der Waals surface area contributed by atoms with Crippen molar-refractivity contribution in [2.24, 2.45) is 0 Å². The lowest BCUT2D eigenvalue weighted by Crippen LogP contribution is -2.35. The van der Waals surface area contributed by atoms with E-state index < -0.39 is 0 Å². The van der Waals surface area contributed by atoms with Crippen LogP contribution in [0.5, 0.6) is 0 Å². The van der Waals surface area contributed by atoms with Crippen molar-refractivity contribution in [3.8, 4) is 0 Å². The summed E-state index contributed by atoms with van der Waals surface area (Å²) >= 11 is 0. The maximum Gasteiger partial charge on any atom is 0.241 e. The molecule has 0 aromatic carbocycles. The van der Waals surface area contributed by atoms with Crippen molar-refractivity contribution in [1.29, 1.82) is 0 Å². The highest BCUT2D eigenvalue weighted by Gasteiger charge is 2.22. The second-order valence-corrected chi connectivity index (χ2v) is 5.46. The maximum absolute atomic E-state index is 12.0. The Labute approximate surface area is 117 Å². The van der Waals surface area contributed by atoms with E-state index in [1.54, 1.807) is 12.4 Å². The van der Waals surface area contributed by atoms with Gasteiger partial charge in [-0.2, -0.15) is 5.10 Å². The Balaban J connectivity index is 1.80. The Morgan fingerprint density at radius 2 is 2.35 bits per heavy atom. The van der Waals surface area contributed by atoms with Crippen LogP contribution >= 0.6 is 0 Å². The van der Waals surface area contributed by atoms with Gasteiger partial charge >= 0.3 is 0 Å². The number of carbonyl (C=O) groups is 1. The van der Waals surface area contributed by atoms with Gasteiger partial charge in [-0.05, 0) is 39.3 Å².